The van der Waals surface area contributed by atoms with E-state index in [4.69, 9.17) is 5.73 Å². The minimum absolute atomic E-state index is 0. The van der Waals surface area contributed by atoms with Crippen LogP contribution < -0.4 is 16.4 Å². The number of halogens is 1. The highest BCUT2D eigenvalue weighted by Gasteiger charge is 2.32. The molecule has 1 heterocycles. The van der Waals surface area contributed by atoms with Gasteiger partial charge in [0, 0.05) is 37.7 Å². The van der Waals surface area contributed by atoms with Gasteiger partial charge >= 0.3 is 6.03 Å². The van der Waals surface area contributed by atoms with Gasteiger partial charge in [0.2, 0.25) is 5.91 Å². The standard InChI is InChI=1S/C21H26N4O2.ClH/c22-13-17-14-25(15-19(17)16-7-3-1-4-8-16)12-11-20(26)24-21(27)23-18-9-5-2-6-10-18;/h1-10,17,19H,11-15,22H2,(H2,23,24,26,27);1H/t17-,19+;/m1./s1. The van der Waals surface area contributed by atoms with Gasteiger partial charge in [0.05, 0.1) is 0 Å². The lowest BCUT2D eigenvalue weighted by molar-refractivity contribution is -0.120. The number of nitrogens with two attached hydrogens (primary N) is 1. The maximum atomic E-state index is 12.1. The second-order valence-corrected chi connectivity index (χ2v) is 6.89. The number of hydrogen-bond acceptors (Lipinski definition) is 4. The average Bonchev–Trinajstić information content (AvgIpc) is 3.11. The lowest BCUT2D eigenvalue weighted by Crippen LogP contribution is -2.36. The number of likely N-dealkylation sites (tertiary alicyclic amines) is 1. The van der Waals surface area contributed by atoms with Crippen LogP contribution in [0.25, 0.3) is 0 Å². The number of para-hydroxylation sites is 1. The van der Waals surface area contributed by atoms with Crippen LogP contribution in [0.2, 0.25) is 0 Å². The number of nitrogens with one attached hydrogen (secondary N) is 2. The number of urea groups is 1. The van der Waals surface area contributed by atoms with E-state index in [2.05, 4.69) is 27.7 Å². The third kappa shape index (κ3) is 6.05. The van der Waals surface area contributed by atoms with E-state index < -0.39 is 6.03 Å². The van der Waals surface area contributed by atoms with Crippen LogP contribution in [0.4, 0.5) is 10.5 Å². The number of imide groups is 1. The third-order valence-corrected chi connectivity index (χ3v) is 4.99. The van der Waals surface area contributed by atoms with Crippen molar-refractivity contribution in [3.05, 3.63) is 66.2 Å². The molecule has 1 aliphatic rings. The Labute approximate surface area is 171 Å². The minimum atomic E-state index is -0.505. The zero-order valence-corrected chi connectivity index (χ0v) is 16.5. The van der Waals surface area contributed by atoms with Crippen molar-refractivity contribution in [2.24, 2.45) is 11.7 Å². The smallest absolute Gasteiger partial charge is 0.325 e. The van der Waals surface area contributed by atoms with Crippen LogP contribution in [0, 0.1) is 5.92 Å². The van der Waals surface area contributed by atoms with Gasteiger partial charge in [0.15, 0.2) is 0 Å². The van der Waals surface area contributed by atoms with Crippen LogP contribution in [-0.4, -0.2) is 43.0 Å². The first-order chi connectivity index (χ1) is 13.2. The molecule has 2 aromatic carbocycles. The van der Waals surface area contributed by atoms with Crippen LogP contribution >= 0.6 is 12.4 Å². The maximum absolute atomic E-state index is 12.1. The van der Waals surface area contributed by atoms with Crippen molar-refractivity contribution in [3.8, 4) is 0 Å². The van der Waals surface area contributed by atoms with E-state index in [1.165, 1.54) is 5.56 Å². The monoisotopic (exact) mass is 402 g/mol. The normalized spacial score (nSPS) is 18.9. The van der Waals surface area contributed by atoms with Crippen LogP contribution in [0.1, 0.15) is 17.9 Å². The molecule has 1 aliphatic heterocycles. The first-order valence-electron chi connectivity index (χ1n) is 9.29. The summed E-state index contributed by atoms with van der Waals surface area (Å²) in [5.74, 6) is 0.494. The summed E-state index contributed by atoms with van der Waals surface area (Å²) in [7, 11) is 0. The van der Waals surface area contributed by atoms with E-state index in [0.29, 0.717) is 30.6 Å². The fourth-order valence-electron chi connectivity index (χ4n) is 3.59. The van der Waals surface area contributed by atoms with Crippen molar-refractivity contribution in [3.63, 3.8) is 0 Å². The highest BCUT2D eigenvalue weighted by molar-refractivity contribution is 6.01. The summed E-state index contributed by atoms with van der Waals surface area (Å²) in [5.41, 5.74) is 7.91. The molecule has 3 rings (SSSR count). The Morgan fingerprint density at radius 1 is 1.00 bits per heavy atom. The molecular weight excluding hydrogens is 376 g/mol. The van der Waals surface area contributed by atoms with E-state index in [9.17, 15) is 9.59 Å². The number of carbonyl (C=O) groups excluding carboxylic acids is 2. The van der Waals surface area contributed by atoms with E-state index in [1.54, 1.807) is 12.1 Å². The zero-order valence-electron chi connectivity index (χ0n) is 15.7. The molecule has 1 saturated heterocycles. The summed E-state index contributed by atoms with van der Waals surface area (Å²) in [6, 6.07) is 18.9. The maximum Gasteiger partial charge on any atom is 0.325 e. The third-order valence-electron chi connectivity index (χ3n) is 4.99. The quantitative estimate of drug-likeness (QED) is 0.693. The lowest BCUT2D eigenvalue weighted by Gasteiger charge is -2.16. The first kappa shape index (κ1) is 21.9. The molecule has 2 atom stereocenters. The Bertz CT molecular complexity index is 758. The van der Waals surface area contributed by atoms with Gasteiger partial charge in [-0.3, -0.25) is 10.1 Å². The van der Waals surface area contributed by atoms with Crippen molar-refractivity contribution in [1.82, 2.24) is 10.2 Å². The van der Waals surface area contributed by atoms with Crippen LogP contribution in [0.15, 0.2) is 60.7 Å². The fourth-order valence-corrected chi connectivity index (χ4v) is 3.59. The molecule has 0 radical (unpaired) electrons. The molecular formula is C21H27ClN4O2. The largest absolute Gasteiger partial charge is 0.330 e. The number of benzene rings is 2. The van der Waals surface area contributed by atoms with E-state index in [1.807, 2.05) is 36.4 Å². The SMILES string of the molecule is Cl.NC[C@@H]1CN(CCC(=O)NC(=O)Nc2ccccc2)C[C@H]1c1ccccc1. The Morgan fingerprint density at radius 3 is 2.29 bits per heavy atom. The van der Waals surface area contributed by atoms with Gasteiger partial charge in [-0.25, -0.2) is 4.79 Å². The van der Waals surface area contributed by atoms with Gasteiger partial charge < -0.3 is 16.0 Å². The van der Waals surface area contributed by atoms with Gasteiger partial charge in [0.25, 0.3) is 0 Å². The van der Waals surface area contributed by atoms with E-state index >= 15 is 0 Å². The second kappa shape index (κ2) is 10.8. The summed E-state index contributed by atoms with van der Waals surface area (Å²) in [5, 5.41) is 5.02. The van der Waals surface area contributed by atoms with Gasteiger partial charge in [-0.1, -0.05) is 48.5 Å². The number of carbonyl (C=O) groups is 2. The number of rotatable bonds is 6. The summed E-state index contributed by atoms with van der Waals surface area (Å²) in [6.45, 7) is 3.00. The van der Waals surface area contributed by atoms with Crippen LogP contribution in [-0.2, 0) is 4.79 Å². The number of hydrogen-bond donors (Lipinski definition) is 3. The molecule has 0 aliphatic carbocycles. The average molecular weight is 403 g/mol. The minimum Gasteiger partial charge on any atom is -0.330 e. The summed E-state index contributed by atoms with van der Waals surface area (Å²) in [6.07, 6.45) is 0.279. The molecule has 3 amide bonds. The first-order valence-corrected chi connectivity index (χ1v) is 9.29. The van der Waals surface area contributed by atoms with E-state index in [0.717, 1.165) is 13.1 Å². The van der Waals surface area contributed by atoms with Crippen LogP contribution in [0.3, 0.4) is 0 Å². The molecule has 0 aromatic heterocycles. The van der Waals surface area contributed by atoms with Gasteiger partial charge in [-0.05, 0) is 30.2 Å². The number of anilines is 1. The molecule has 1 fully saturated rings. The Hall–Kier alpha value is -2.41. The Morgan fingerprint density at radius 2 is 1.64 bits per heavy atom. The summed E-state index contributed by atoms with van der Waals surface area (Å²) >= 11 is 0. The summed E-state index contributed by atoms with van der Waals surface area (Å²) < 4.78 is 0. The molecule has 7 heteroatoms. The molecule has 28 heavy (non-hydrogen) atoms. The highest BCUT2D eigenvalue weighted by Crippen LogP contribution is 2.31. The van der Waals surface area contributed by atoms with Crippen molar-refractivity contribution in [1.29, 1.82) is 0 Å². The number of amides is 3. The molecule has 2 aromatic rings. The fraction of sp³-hybridized carbons (Fsp3) is 0.333. The Balaban J connectivity index is 0.00000280. The molecule has 0 saturated carbocycles. The molecule has 0 unspecified atom stereocenters. The predicted octanol–water partition coefficient (Wildman–Crippen LogP) is 2.82. The van der Waals surface area contributed by atoms with Gasteiger partial charge in [-0.15, -0.1) is 12.4 Å². The lowest BCUT2D eigenvalue weighted by atomic mass is 9.89. The topological polar surface area (TPSA) is 87.5 Å². The van der Waals surface area contributed by atoms with Crippen molar-refractivity contribution in [2.45, 2.75) is 12.3 Å². The van der Waals surface area contributed by atoms with E-state index in [-0.39, 0.29) is 24.7 Å². The molecule has 6 nitrogen and oxygen atoms in total. The summed E-state index contributed by atoms with van der Waals surface area (Å²) in [4.78, 5) is 26.2. The van der Waals surface area contributed by atoms with Crippen molar-refractivity contribution < 1.29 is 9.59 Å². The number of nitrogens with zero attached hydrogens (tertiary/aromatic N) is 1. The highest BCUT2D eigenvalue weighted by atomic mass is 35.5. The second-order valence-electron chi connectivity index (χ2n) is 6.89. The molecule has 0 spiro atoms. The van der Waals surface area contributed by atoms with Gasteiger partial charge in [-0.2, -0.15) is 0 Å². The predicted molar refractivity (Wildman–Crippen MR) is 114 cm³/mol. The Kier molecular flexibility index (Phi) is 8.44. The van der Waals surface area contributed by atoms with Crippen LogP contribution in [0.5, 0.6) is 0 Å². The molecule has 0 bridgehead atoms. The molecule has 150 valence electrons. The zero-order chi connectivity index (χ0) is 19.1. The van der Waals surface area contributed by atoms with Crippen molar-refractivity contribution >= 4 is 30.0 Å². The molecule has 4 N–H and O–H groups in total. The van der Waals surface area contributed by atoms with Gasteiger partial charge in [0.1, 0.15) is 0 Å². The van der Waals surface area contributed by atoms with Crippen molar-refractivity contribution in [2.75, 3.05) is 31.5 Å².